The van der Waals surface area contributed by atoms with Crippen LogP contribution in [0.4, 0.5) is 11.5 Å². The standard InChI is InChI=1S/C23H30ClN3O/c1-23(2,3)20-13-21(27-18-11-7-10-17(24)12-18)25-15-19(20)22(28)26-14-16-8-5-4-6-9-16/h7,10-13,15-16H,4-6,8-9,14H2,1-3H3,(H,25,27)(H,26,28). The molecule has 1 saturated carbocycles. The third kappa shape index (κ3) is 5.48. The summed E-state index contributed by atoms with van der Waals surface area (Å²) in [5, 5.41) is 7.09. The van der Waals surface area contributed by atoms with E-state index < -0.39 is 0 Å². The van der Waals surface area contributed by atoms with E-state index in [1.54, 1.807) is 6.20 Å². The second-order valence-electron chi connectivity index (χ2n) is 8.71. The van der Waals surface area contributed by atoms with Gasteiger partial charge in [0, 0.05) is 23.5 Å². The monoisotopic (exact) mass is 399 g/mol. The fourth-order valence-corrected chi connectivity index (χ4v) is 3.95. The van der Waals surface area contributed by atoms with Crippen LogP contribution < -0.4 is 10.6 Å². The number of hydrogen-bond acceptors (Lipinski definition) is 3. The first-order valence-electron chi connectivity index (χ1n) is 10.1. The molecular weight excluding hydrogens is 370 g/mol. The van der Waals surface area contributed by atoms with Gasteiger partial charge in [-0.3, -0.25) is 4.79 Å². The predicted octanol–water partition coefficient (Wildman–Crippen LogP) is 6.09. The molecule has 28 heavy (non-hydrogen) atoms. The molecule has 1 aliphatic carbocycles. The molecule has 0 spiro atoms. The van der Waals surface area contributed by atoms with Crippen molar-refractivity contribution in [2.45, 2.75) is 58.3 Å². The number of carbonyl (C=O) groups is 1. The maximum absolute atomic E-state index is 12.9. The molecule has 1 fully saturated rings. The van der Waals surface area contributed by atoms with Gasteiger partial charge in [-0.15, -0.1) is 0 Å². The van der Waals surface area contributed by atoms with E-state index in [-0.39, 0.29) is 11.3 Å². The lowest BCUT2D eigenvalue weighted by molar-refractivity contribution is 0.0941. The maximum atomic E-state index is 12.9. The van der Waals surface area contributed by atoms with Gasteiger partial charge >= 0.3 is 0 Å². The molecule has 5 heteroatoms. The lowest BCUT2D eigenvalue weighted by Crippen LogP contribution is -2.32. The summed E-state index contributed by atoms with van der Waals surface area (Å²) in [7, 11) is 0. The van der Waals surface area contributed by atoms with Crippen LogP contribution in [0.3, 0.4) is 0 Å². The molecule has 1 heterocycles. The van der Waals surface area contributed by atoms with Gasteiger partial charge in [-0.2, -0.15) is 0 Å². The zero-order valence-corrected chi connectivity index (χ0v) is 17.8. The molecule has 1 amide bonds. The van der Waals surface area contributed by atoms with Gasteiger partial charge in [0.25, 0.3) is 5.91 Å². The quantitative estimate of drug-likeness (QED) is 0.639. The Morgan fingerprint density at radius 1 is 1.18 bits per heavy atom. The normalized spacial score (nSPS) is 15.3. The van der Waals surface area contributed by atoms with Gasteiger partial charge in [0.2, 0.25) is 0 Å². The zero-order valence-electron chi connectivity index (χ0n) is 17.0. The topological polar surface area (TPSA) is 54.0 Å². The number of aromatic nitrogens is 1. The Morgan fingerprint density at radius 3 is 2.61 bits per heavy atom. The van der Waals surface area contributed by atoms with Crippen molar-refractivity contribution < 1.29 is 4.79 Å². The van der Waals surface area contributed by atoms with Gasteiger partial charge in [-0.25, -0.2) is 4.98 Å². The number of hydrogen-bond donors (Lipinski definition) is 2. The van der Waals surface area contributed by atoms with Crippen molar-refractivity contribution >= 4 is 29.0 Å². The van der Waals surface area contributed by atoms with E-state index in [0.717, 1.165) is 17.8 Å². The minimum absolute atomic E-state index is 0.0303. The number of carbonyl (C=O) groups excluding carboxylic acids is 1. The highest BCUT2D eigenvalue weighted by atomic mass is 35.5. The largest absolute Gasteiger partial charge is 0.352 e. The molecule has 0 aliphatic heterocycles. The van der Waals surface area contributed by atoms with Gasteiger partial charge < -0.3 is 10.6 Å². The molecule has 1 aromatic carbocycles. The van der Waals surface area contributed by atoms with Crippen LogP contribution in [0.5, 0.6) is 0 Å². The number of anilines is 2. The van der Waals surface area contributed by atoms with Gasteiger partial charge in [-0.05, 0) is 54.0 Å². The summed E-state index contributed by atoms with van der Waals surface area (Å²) in [6.07, 6.45) is 7.99. The Balaban J connectivity index is 1.77. The number of rotatable bonds is 5. The summed E-state index contributed by atoms with van der Waals surface area (Å²) in [6, 6.07) is 9.49. The predicted molar refractivity (Wildman–Crippen MR) is 117 cm³/mol. The van der Waals surface area contributed by atoms with Crippen LogP contribution in [0, 0.1) is 5.92 Å². The van der Waals surface area contributed by atoms with Crippen LogP contribution in [-0.4, -0.2) is 17.4 Å². The van der Waals surface area contributed by atoms with Crippen molar-refractivity contribution in [2.75, 3.05) is 11.9 Å². The molecule has 3 rings (SSSR count). The molecule has 0 atom stereocenters. The number of pyridine rings is 1. The van der Waals surface area contributed by atoms with E-state index in [4.69, 9.17) is 11.6 Å². The van der Waals surface area contributed by atoms with Gasteiger partial charge in [-0.1, -0.05) is 57.7 Å². The summed E-state index contributed by atoms with van der Waals surface area (Å²) in [6.45, 7) is 7.10. The molecule has 4 nitrogen and oxygen atoms in total. The van der Waals surface area contributed by atoms with Crippen molar-refractivity contribution in [1.29, 1.82) is 0 Å². The number of nitrogens with one attached hydrogen (secondary N) is 2. The molecular formula is C23H30ClN3O. The highest BCUT2D eigenvalue weighted by molar-refractivity contribution is 6.30. The second-order valence-corrected chi connectivity index (χ2v) is 9.15. The van der Waals surface area contributed by atoms with E-state index in [1.165, 1.54) is 32.1 Å². The number of nitrogens with zero attached hydrogens (tertiary/aromatic N) is 1. The lowest BCUT2D eigenvalue weighted by atomic mass is 9.84. The summed E-state index contributed by atoms with van der Waals surface area (Å²) in [4.78, 5) is 17.4. The van der Waals surface area contributed by atoms with Crippen LogP contribution in [0.15, 0.2) is 36.5 Å². The van der Waals surface area contributed by atoms with Crippen molar-refractivity contribution in [1.82, 2.24) is 10.3 Å². The minimum Gasteiger partial charge on any atom is -0.352 e. The first-order chi connectivity index (χ1) is 13.3. The maximum Gasteiger partial charge on any atom is 0.253 e. The van der Waals surface area contributed by atoms with Crippen LogP contribution >= 0.6 is 11.6 Å². The zero-order chi connectivity index (χ0) is 20.1. The fourth-order valence-electron chi connectivity index (χ4n) is 3.76. The molecule has 2 N–H and O–H groups in total. The highest BCUT2D eigenvalue weighted by Gasteiger charge is 2.24. The minimum atomic E-state index is -0.175. The Hall–Kier alpha value is -2.07. The van der Waals surface area contributed by atoms with Crippen LogP contribution in [-0.2, 0) is 5.41 Å². The first-order valence-corrected chi connectivity index (χ1v) is 10.5. The van der Waals surface area contributed by atoms with E-state index in [0.29, 0.717) is 22.3 Å². The molecule has 1 aliphatic rings. The molecule has 0 bridgehead atoms. The van der Waals surface area contributed by atoms with Gasteiger partial charge in [0.1, 0.15) is 5.82 Å². The van der Waals surface area contributed by atoms with E-state index in [1.807, 2.05) is 30.3 Å². The van der Waals surface area contributed by atoms with Crippen LogP contribution in [0.1, 0.15) is 68.8 Å². The summed E-state index contributed by atoms with van der Waals surface area (Å²) in [5.74, 6) is 1.28. The third-order valence-electron chi connectivity index (χ3n) is 5.33. The second kappa shape index (κ2) is 8.95. The summed E-state index contributed by atoms with van der Waals surface area (Å²) in [5.41, 5.74) is 2.33. The molecule has 150 valence electrons. The van der Waals surface area contributed by atoms with Crippen molar-refractivity contribution in [2.24, 2.45) is 5.92 Å². The molecule has 0 saturated heterocycles. The van der Waals surface area contributed by atoms with Crippen molar-refractivity contribution in [3.63, 3.8) is 0 Å². The van der Waals surface area contributed by atoms with Crippen LogP contribution in [0.2, 0.25) is 5.02 Å². The highest BCUT2D eigenvalue weighted by Crippen LogP contribution is 2.29. The molecule has 2 aromatic rings. The Morgan fingerprint density at radius 2 is 1.93 bits per heavy atom. The molecule has 0 unspecified atom stereocenters. The van der Waals surface area contributed by atoms with E-state index >= 15 is 0 Å². The summed E-state index contributed by atoms with van der Waals surface area (Å²) >= 11 is 6.07. The number of benzene rings is 1. The lowest BCUT2D eigenvalue weighted by Gasteiger charge is -2.25. The van der Waals surface area contributed by atoms with Crippen molar-refractivity contribution in [3.05, 3.63) is 52.7 Å². The summed E-state index contributed by atoms with van der Waals surface area (Å²) < 4.78 is 0. The molecule has 0 radical (unpaired) electrons. The SMILES string of the molecule is CC(C)(C)c1cc(Nc2cccc(Cl)c2)ncc1C(=O)NCC1CCCCC1. The Kier molecular flexibility index (Phi) is 6.61. The van der Waals surface area contributed by atoms with E-state index in [9.17, 15) is 4.79 Å². The third-order valence-corrected chi connectivity index (χ3v) is 5.56. The number of halogens is 1. The Bertz CT molecular complexity index is 823. The Labute approximate surface area is 173 Å². The van der Waals surface area contributed by atoms with Gasteiger partial charge in [0.05, 0.1) is 5.56 Å². The average molecular weight is 400 g/mol. The smallest absolute Gasteiger partial charge is 0.253 e. The molecule has 1 aromatic heterocycles. The van der Waals surface area contributed by atoms with Gasteiger partial charge in [0.15, 0.2) is 0 Å². The average Bonchev–Trinajstić information content (AvgIpc) is 2.66. The van der Waals surface area contributed by atoms with Crippen molar-refractivity contribution in [3.8, 4) is 0 Å². The van der Waals surface area contributed by atoms with E-state index in [2.05, 4.69) is 36.4 Å². The fraction of sp³-hybridized carbons (Fsp3) is 0.478. The number of amides is 1. The first kappa shape index (κ1) is 20.7. The van der Waals surface area contributed by atoms with Crippen LogP contribution in [0.25, 0.3) is 0 Å².